The maximum Gasteiger partial charge on any atom is 0.323 e. The molecule has 0 aliphatic carbocycles. The van der Waals surface area contributed by atoms with Crippen molar-refractivity contribution in [3.63, 3.8) is 0 Å². The van der Waals surface area contributed by atoms with Crippen molar-refractivity contribution in [3.8, 4) is 0 Å². The molecule has 2 N–H and O–H groups in total. The summed E-state index contributed by atoms with van der Waals surface area (Å²) in [6.45, 7) is 0. The molecule has 0 unspecified atom stereocenters. The van der Waals surface area contributed by atoms with Gasteiger partial charge in [-0.15, -0.1) is 0 Å². The molecule has 0 saturated carbocycles. The summed E-state index contributed by atoms with van der Waals surface area (Å²) in [4.78, 5) is 16.3. The fourth-order valence-electron chi connectivity index (χ4n) is 2.04. The Morgan fingerprint density at radius 2 is 1.62 bits per heavy atom. The lowest BCUT2D eigenvalue weighted by Crippen LogP contribution is -2.19. The van der Waals surface area contributed by atoms with Gasteiger partial charge in [0, 0.05) is 11.6 Å². The fourth-order valence-corrected chi connectivity index (χ4v) is 2.23. The van der Waals surface area contributed by atoms with Crippen LogP contribution < -0.4 is 10.6 Å². The average molecular weight is 298 g/mol. The van der Waals surface area contributed by atoms with E-state index in [1.165, 1.54) is 0 Å². The van der Waals surface area contributed by atoms with Crippen molar-refractivity contribution in [3.05, 3.63) is 65.8 Å². The number of urea groups is 1. The molecule has 0 aliphatic rings. The van der Waals surface area contributed by atoms with Gasteiger partial charge in [-0.25, -0.2) is 4.79 Å². The molecule has 4 nitrogen and oxygen atoms in total. The normalized spacial score (nSPS) is 10.3. The Morgan fingerprint density at radius 1 is 0.905 bits per heavy atom. The van der Waals surface area contributed by atoms with Crippen molar-refractivity contribution in [2.24, 2.45) is 0 Å². The van der Waals surface area contributed by atoms with Crippen molar-refractivity contribution in [2.45, 2.75) is 0 Å². The molecule has 0 fully saturated rings. The maximum absolute atomic E-state index is 12.1. The molecule has 104 valence electrons. The van der Waals surface area contributed by atoms with Gasteiger partial charge in [-0.2, -0.15) is 0 Å². The number of rotatable bonds is 2. The summed E-state index contributed by atoms with van der Waals surface area (Å²) in [5, 5.41) is 6.91. The standard InChI is InChI=1S/C16H12ClN3O/c17-12-6-2-4-8-15(12)20-16(21)19-14-9-10-18-13-7-3-1-5-11(13)14/h1-10H,(H2,18,19,20,21). The van der Waals surface area contributed by atoms with Crippen molar-refractivity contribution >= 4 is 39.9 Å². The van der Waals surface area contributed by atoms with Crippen LogP contribution in [0.4, 0.5) is 16.2 Å². The summed E-state index contributed by atoms with van der Waals surface area (Å²) in [7, 11) is 0. The molecule has 0 atom stereocenters. The van der Waals surface area contributed by atoms with Crippen LogP contribution >= 0.6 is 11.6 Å². The first-order valence-corrected chi connectivity index (χ1v) is 6.78. The van der Waals surface area contributed by atoms with E-state index in [0.29, 0.717) is 16.4 Å². The van der Waals surface area contributed by atoms with Crippen LogP contribution in [0.25, 0.3) is 10.9 Å². The van der Waals surface area contributed by atoms with E-state index in [1.54, 1.807) is 24.4 Å². The highest BCUT2D eigenvalue weighted by Crippen LogP contribution is 2.23. The number of hydrogen-bond acceptors (Lipinski definition) is 2. The van der Waals surface area contributed by atoms with E-state index in [0.717, 1.165) is 10.9 Å². The molecule has 0 bridgehead atoms. The van der Waals surface area contributed by atoms with E-state index in [4.69, 9.17) is 11.6 Å². The van der Waals surface area contributed by atoms with Gasteiger partial charge in [0.1, 0.15) is 0 Å². The Morgan fingerprint density at radius 3 is 2.48 bits per heavy atom. The predicted octanol–water partition coefficient (Wildman–Crippen LogP) is 4.53. The number of carbonyl (C=O) groups excluding carboxylic acids is 1. The van der Waals surface area contributed by atoms with Crippen LogP contribution in [0, 0.1) is 0 Å². The van der Waals surface area contributed by atoms with Crippen LogP contribution in [0.5, 0.6) is 0 Å². The van der Waals surface area contributed by atoms with Crippen molar-refractivity contribution in [1.29, 1.82) is 0 Å². The molecule has 0 aliphatic heterocycles. The Bertz CT molecular complexity index is 799. The molecule has 0 saturated heterocycles. The second kappa shape index (κ2) is 5.81. The summed E-state index contributed by atoms with van der Waals surface area (Å²) in [6.07, 6.45) is 1.66. The first-order valence-electron chi connectivity index (χ1n) is 6.40. The largest absolute Gasteiger partial charge is 0.323 e. The van der Waals surface area contributed by atoms with Gasteiger partial charge in [0.2, 0.25) is 0 Å². The van der Waals surface area contributed by atoms with E-state index in [9.17, 15) is 4.79 Å². The molecule has 0 spiro atoms. The third-order valence-electron chi connectivity index (χ3n) is 3.02. The lowest BCUT2D eigenvalue weighted by atomic mass is 10.2. The van der Waals surface area contributed by atoms with Crippen LogP contribution in [0.15, 0.2) is 60.8 Å². The number of benzene rings is 2. The Balaban J connectivity index is 1.82. The van der Waals surface area contributed by atoms with Crippen molar-refractivity contribution < 1.29 is 4.79 Å². The highest BCUT2D eigenvalue weighted by molar-refractivity contribution is 6.33. The van der Waals surface area contributed by atoms with Gasteiger partial charge in [0.25, 0.3) is 0 Å². The van der Waals surface area contributed by atoms with Gasteiger partial charge < -0.3 is 10.6 Å². The summed E-state index contributed by atoms with van der Waals surface area (Å²) in [5.41, 5.74) is 2.09. The molecule has 5 heteroatoms. The zero-order valence-corrected chi connectivity index (χ0v) is 11.8. The van der Waals surface area contributed by atoms with Crippen LogP contribution in [-0.2, 0) is 0 Å². The first-order chi connectivity index (χ1) is 10.2. The second-order valence-corrected chi connectivity index (χ2v) is 4.84. The number of halogens is 1. The van der Waals surface area contributed by atoms with Gasteiger partial charge >= 0.3 is 6.03 Å². The number of hydrogen-bond donors (Lipinski definition) is 2. The summed E-state index contributed by atoms with van der Waals surface area (Å²) in [5.74, 6) is 0. The van der Waals surface area contributed by atoms with E-state index in [2.05, 4.69) is 15.6 Å². The van der Waals surface area contributed by atoms with Crippen LogP contribution in [0.1, 0.15) is 0 Å². The Kier molecular flexibility index (Phi) is 3.71. The number of nitrogens with zero attached hydrogens (tertiary/aromatic N) is 1. The second-order valence-electron chi connectivity index (χ2n) is 4.43. The molecule has 2 aromatic carbocycles. The van der Waals surface area contributed by atoms with Gasteiger partial charge in [-0.05, 0) is 24.3 Å². The SMILES string of the molecule is O=C(Nc1ccccc1Cl)Nc1ccnc2ccccc12. The third-order valence-corrected chi connectivity index (χ3v) is 3.35. The number of nitrogens with one attached hydrogen (secondary N) is 2. The summed E-state index contributed by atoms with van der Waals surface area (Å²) >= 11 is 6.01. The number of anilines is 2. The minimum atomic E-state index is -0.348. The molecule has 1 aromatic heterocycles. The molecular formula is C16H12ClN3O. The minimum Gasteiger partial charge on any atom is -0.307 e. The highest BCUT2D eigenvalue weighted by atomic mass is 35.5. The molecule has 0 radical (unpaired) electrons. The summed E-state index contributed by atoms with van der Waals surface area (Å²) < 4.78 is 0. The third kappa shape index (κ3) is 2.95. The smallest absolute Gasteiger partial charge is 0.307 e. The maximum atomic E-state index is 12.1. The minimum absolute atomic E-state index is 0.348. The van der Waals surface area contributed by atoms with Crippen LogP contribution in [-0.4, -0.2) is 11.0 Å². The monoisotopic (exact) mass is 297 g/mol. The number of para-hydroxylation sites is 2. The summed E-state index contributed by atoms with van der Waals surface area (Å²) in [6, 6.07) is 16.1. The van der Waals surface area contributed by atoms with E-state index in [-0.39, 0.29) is 6.03 Å². The molecule has 3 rings (SSSR count). The molecule has 1 heterocycles. The zero-order chi connectivity index (χ0) is 14.7. The highest BCUT2D eigenvalue weighted by Gasteiger charge is 2.07. The number of carbonyl (C=O) groups is 1. The fraction of sp³-hybridized carbons (Fsp3) is 0. The Hall–Kier alpha value is -2.59. The molecule has 2 amide bonds. The molecular weight excluding hydrogens is 286 g/mol. The van der Waals surface area contributed by atoms with Gasteiger partial charge in [0.15, 0.2) is 0 Å². The number of amides is 2. The zero-order valence-electron chi connectivity index (χ0n) is 11.0. The Labute approximate surface area is 126 Å². The first kappa shape index (κ1) is 13.4. The van der Waals surface area contributed by atoms with Crippen LogP contribution in [0.3, 0.4) is 0 Å². The van der Waals surface area contributed by atoms with Crippen molar-refractivity contribution in [2.75, 3.05) is 10.6 Å². The van der Waals surface area contributed by atoms with Gasteiger partial charge in [-0.3, -0.25) is 4.98 Å². The quantitative estimate of drug-likeness (QED) is 0.730. The van der Waals surface area contributed by atoms with Gasteiger partial charge in [-0.1, -0.05) is 41.9 Å². The molecule has 3 aromatic rings. The van der Waals surface area contributed by atoms with Crippen molar-refractivity contribution in [1.82, 2.24) is 4.98 Å². The van der Waals surface area contributed by atoms with E-state index < -0.39 is 0 Å². The lowest BCUT2D eigenvalue weighted by Gasteiger charge is -2.10. The number of pyridine rings is 1. The lowest BCUT2D eigenvalue weighted by molar-refractivity contribution is 0.262. The number of fused-ring (bicyclic) bond motifs is 1. The van der Waals surface area contributed by atoms with Crippen LogP contribution in [0.2, 0.25) is 5.02 Å². The topological polar surface area (TPSA) is 54.0 Å². The van der Waals surface area contributed by atoms with E-state index >= 15 is 0 Å². The predicted molar refractivity (Wildman–Crippen MR) is 85.8 cm³/mol. The number of aromatic nitrogens is 1. The average Bonchev–Trinajstić information content (AvgIpc) is 2.50. The van der Waals surface area contributed by atoms with Gasteiger partial charge in [0.05, 0.1) is 21.9 Å². The molecule has 21 heavy (non-hydrogen) atoms. The van der Waals surface area contributed by atoms with E-state index in [1.807, 2.05) is 36.4 Å².